The first kappa shape index (κ1) is 28.3. The molecular weight excluding hydrogens is 657 g/mol. The third-order valence-electron chi connectivity index (χ3n) is 11.8. The number of benzene rings is 9. The monoisotopic (exact) mass is 684 g/mol. The van der Waals surface area contributed by atoms with Crippen LogP contribution in [0.25, 0.3) is 120 Å². The number of para-hydroxylation sites is 2. The van der Waals surface area contributed by atoms with Crippen molar-refractivity contribution < 1.29 is 0 Å². The Morgan fingerprint density at radius 1 is 0.352 bits per heavy atom. The van der Waals surface area contributed by atoms with Gasteiger partial charge in [0.2, 0.25) is 5.95 Å². The molecule has 0 spiro atoms. The lowest BCUT2D eigenvalue weighted by molar-refractivity contribution is 1.02. The fourth-order valence-corrected chi connectivity index (χ4v) is 9.53. The summed E-state index contributed by atoms with van der Waals surface area (Å²) in [5.74, 6) is 0.665. The molecule has 0 unspecified atom stereocenters. The largest absolute Gasteiger partial charge is 0.308 e. The number of hydrogen-bond donors (Lipinski definition) is 0. The van der Waals surface area contributed by atoms with Gasteiger partial charge in [-0.1, -0.05) is 133 Å². The fraction of sp³-hybridized carbons (Fsp3) is 0. The summed E-state index contributed by atoms with van der Waals surface area (Å²) >= 11 is 0. The van der Waals surface area contributed by atoms with E-state index in [1.54, 1.807) is 0 Å². The van der Waals surface area contributed by atoms with Gasteiger partial charge in [-0.25, -0.2) is 9.97 Å². The first-order valence-electron chi connectivity index (χ1n) is 18.5. The molecule has 9 aromatic carbocycles. The highest BCUT2D eigenvalue weighted by Crippen LogP contribution is 2.48. The summed E-state index contributed by atoms with van der Waals surface area (Å²) in [7, 11) is 0. The molecule has 13 aromatic rings. The van der Waals surface area contributed by atoms with Crippen molar-refractivity contribution in [3.05, 3.63) is 170 Å². The van der Waals surface area contributed by atoms with Crippen molar-refractivity contribution in [2.45, 2.75) is 0 Å². The molecule has 0 N–H and O–H groups in total. The first-order chi connectivity index (χ1) is 26.8. The van der Waals surface area contributed by atoms with Crippen LogP contribution in [0.2, 0.25) is 0 Å². The molecule has 4 heteroatoms. The van der Waals surface area contributed by atoms with E-state index in [4.69, 9.17) is 9.97 Å². The zero-order chi connectivity index (χ0) is 35.1. The number of nitrogens with zero attached hydrogens (tertiary/aromatic N) is 4. The van der Waals surface area contributed by atoms with Gasteiger partial charge < -0.3 is 4.40 Å². The Morgan fingerprint density at radius 2 is 0.963 bits per heavy atom. The summed E-state index contributed by atoms with van der Waals surface area (Å²) in [5.41, 5.74) is 8.83. The van der Waals surface area contributed by atoms with Crippen LogP contribution in [0.15, 0.2) is 170 Å². The van der Waals surface area contributed by atoms with Gasteiger partial charge in [0.15, 0.2) is 0 Å². The molecule has 0 atom stereocenters. The summed E-state index contributed by atoms with van der Waals surface area (Å²) in [6, 6.07) is 61.5. The molecule has 0 aliphatic heterocycles. The second-order valence-corrected chi connectivity index (χ2v) is 14.5. The predicted octanol–water partition coefficient (Wildman–Crippen LogP) is 13.0. The maximum Gasteiger partial charge on any atom is 0.235 e. The first-order valence-corrected chi connectivity index (χ1v) is 18.5. The molecule has 0 bridgehead atoms. The van der Waals surface area contributed by atoms with Crippen LogP contribution in [0.3, 0.4) is 0 Å². The van der Waals surface area contributed by atoms with Crippen molar-refractivity contribution in [3.63, 3.8) is 0 Å². The van der Waals surface area contributed by atoms with Gasteiger partial charge in [0.05, 0.1) is 38.8 Å². The zero-order valence-corrected chi connectivity index (χ0v) is 29.0. The lowest BCUT2D eigenvalue weighted by Crippen LogP contribution is -2.04. The Hall–Kier alpha value is -7.30. The third kappa shape index (κ3) is 3.57. The van der Waals surface area contributed by atoms with Gasteiger partial charge in [-0.05, 0) is 68.7 Å². The summed E-state index contributed by atoms with van der Waals surface area (Å²) < 4.78 is 4.80. The van der Waals surface area contributed by atoms with Crippen molar-refractivity contribution in [2.75, 3.05) is 0 Å². The van der Waals surface area contributed by atoms with Crippen LogP contribution in [-0.2, 0) is 0 Å². The van der Waals surface area contributed by atoms with Gasteiger partial charge in [0.1, 0.15) is 0 Å². The van der Waals surface area contributed by atoms with E-state index < -0.39 is 0 Å². The van der Waals surface area contributed by atoms with Gasteiger partial charge in [0.25, 0.3) is 0 Å². The lowest BCUT2D eigenvalue weighted by Gasteiger charge is -2.14. The van der Waals surface area contributed by atoms with E-state index in [0.29, 0.717) is 5.95 Å². The van der Waals surface area contributed by atoms with Crippen molar-refractivity contribution >= 4 is 103 Å². The predicted molar refractivity (Wildman–Crippen MR) is 226 cm³/mol. The Kier molecular flexibility index (Phi) is 5.34. The zero-order valence-electron chi connectivity index (χ0n) is 29.0. The van der Waals surface area contributed by atoms with Crippen LogP contribution in [-0.4, -0.2) is 18.9 Å². The van der Waals surface area contributed by atoms with Crippen LogP contribution >= 0.6 is 0 Å². The fourth-order valence-electron chi connectivity index (χ4n) is 9.53. The topological polar surface area (TPSA) is 35.1 Å². The average Bonchev–Trinajstić information content (AvgIpc) is 3.87. The SMILES string of the molecule is c1ccc2cc(-c3nc(-n4c5ccccc5c5c6c7ccccc7n7c8ccc9ccccc9c8c(cc54)c67)nc4ccc5ccccc5c34)ccc2c1. The number of aromatic nitrogens is 4. The Labute approximate surface area is 308 Å². The number of rotatable bonds is 2. The van der Waals surface area contributed by atoms with Crippen molar-refractivity contribution in [3.8, 4) is 17.2 Å². The standard InChI is InChI=1S/C50H28N4/c1-2-14-32-27-33(22-21-29(32)11-1)48-45-35-16-6-4-12-30(35)23-25-39(45)51-50(52-48)54-41-20-10-7-17-36(41)46-43(54)28-38-44-34-15-5-3-13-31(34)24-26-42(44)53-40-19-9-8-18-37(40)47(46)49(38)53/h1-28H. The molecular formula is C50H28N4. The average molecular weight is 685 g/mol. The molecule has 0 aliphatic rings. The van der Waals surface area contributed by atoms with Gasteiger partial charge in [0, 0.05) is 43.3 Å². The molecule has 4 aromatic heterocycles. The van der Waals surface area contributed by atoms with Crippen LogP contribution in [0.4, 0.5) is 0 Å². The van der Waals surface area contributed by atoms with Gasteiger partial charge >= 0.3 is 0 Å². The summed E-state index contributed by atoms with van der Waals surface area (Å²) in [5, 5.41) is 15.8. The lowest BCUT2D eigenvalue weighted by atomic mass is 9.98. The van der Waals surface area contributed by atoms with Crippen LogP contribution < -0.4 is 0 Å². The van der Waals surface area contributed by atoms with E-state index in [-0.39, 0.29) is 0 Å². The summed E-state index contributed by atoms with van der Waals surface area (Å²) in [4.78, 5) is 11.1. The van der Waals surface area contributed by atoms with Gasteiger partial charge in [-0.15, -0.1) is 0 Å². The Bertz CT molecular complexity index is 3740. The second-order valence-electron chi connectivity index (χ2n) is 14.5. The normalized spacial score (nSPS) is 12.4. The highest BCUT2D eigenvalue weighted by atomic mass is 15.2. The molecule has 54 heavy (non-hydrogen) atoms. The van der Waals surface area contributed by atoms with E-state index in [2.05, 4.69) is 179 Å². The van der Waals surface area contributed by atoms with Crippen LogP contribution in [0.1, 0.15) is 0 Å². The van der Waals surface area contributed by atoms with Gasteiger partial charge in [-0.2, -0.15) is 0 Å². The molecule has 0 amide bonds. The van der Waals surface area contributed by atoms with Crippen molar-refractivity contribution in [2.24, 2.45) is 0 Å². The minimum atomic E-state index is 0.665. The Balaban J connectivity index is 1.24. The number of hydrogen-bond acceptors (Lipinski definition) is 2. The second kappa shape index (κ2) is 10.2. The van der Waals surface area contributed by atoms with E-state index in [9.17, 15) is 0 Å². The van der Waals surface area contributed by atoms with E-state index in [1.165, 1.54) is 75.8 Å². The van der Waals surface area contributed by atoms with Crippen molar-refractivity contribution in [1.82, 2.24) is 18.9 Å². The third-order valence-corrected chi connectivity index (χ3v) is 11.8. The highest BCUT2D eigenvalue weighted by molar-refractivity contribution is 6.37. The van der Waals surface area contributed by atoms with Crippen LogP contribution in [0.5, 0.6) is 0 Å². The van der Waals surface area contributed by atoms with E-state index in [0.717, 1.165) is 38.6 Å². The maximum atomic E-state index is 5.61. The molecule has 0 saturated heterocycles. The van der Waals surface area contributed by atoms with Gasteiger partial charge in [-0.3, -0.25) is 4.57 Å². The number of fused-ring (bicyclic) bond motifs is 16. The van der Waals surface area contributed by atoms with Crippen LogP contribution in [0, 0.1) is 0 Å². The van der Waals surface area contributed by atoms with Crippen molar-refractivity contribution in [1.29, 1.82) is 0 Å². The summed E-state index contributed by atoms with van der Waals surface area (Å²) in [6.07, 6.45) is 0. The Morgan fingerprint density at radius 3 is 1.76 bits per heavy atom. The molecule has 4 nitrogen and oxygen atoms in total. The minimum absolute atomic E-state index is 0.665. The van der Waals surface area contributed by atoms with E-state index in [1.807, 2.05) is 0 Å². The smallest absolute Gasteiger partial charge is 0.235 e. The maximum absolute atomic E-state index is 5.61. The minimum Gasteiger partial charge on any atom is -0.308 e. The quantitative estimate of drug-likeness (QED) is 0.170. The molecule has 4 heterocycles. The highest BCUT2D eigenvalue weighted by Gasteiger charge is 2.26. The molecule has 248 valence electrons. The molecule has 0 saturated carbocycles. The summed E-state index contributed by atoms with van der Waals surface area (Å²) in [6.45, 7) is 0. The molecule has 0 fully saturated rings. The molecule has 13 rings (SSSR count). The molecule has 0 radical (unpaired) electrons. The van der Waals surface area contributed by atoms with E-state index >= 15 is 0 Å². The molecule has 0 aliphatic carbocycles.